The largest absolute Gasteiger partial charge is 0.494 e. The van der Waals surface area contributed by atoms with Crippen molar-refractivity contribution in [2.75, 3.05) is 13.7 Å². The first kappa shape index (κ1) is 18.0. The Balaban J connectivity index is 2.33. The van der Waals surface area contributed by atoms with E-state index < -0.39 is 6.10 Å². The smallest absolute Gasteiger partial charge is 0.274 e. The minimum Gasteiger partial charge on any atom is -0.494 e. The highest BCUT2D eigenvalue weighted by atomic mass is 16.5. The van der Waals surface area contributed by atoms with Crippen LogP contribution in [0.2, 0.25) is 0 Å². The Labute approximate surface area is 142 Å². The van der Waals surface area contributed by atoms with Gasteiger partial charge in [-0.1, -0.05) is 6.07 Å². The number of ether oxygens (including phenoxy) is 1. The Bertz CT molecular complexity index is 707. The maximum Gasteiger partial charge on any atom is 0.274 e. The van der Waals surface area contributed by atoms with Gasteiger partial charge in [-0.15, -0.1) is 0 Å². The van der Waals surface area contributed by atoms with Gasteiger partial charge in [0.2, 0.25) is 0 Å². The predicted molar refractivity (Wildman–Crippen MR) is 92.7 cm³/mol. The number of aliphatic hydroxyl groups excluding tert-OH is 1. The second-order valence-electron chi connectivity index (χ2n) is 6.22. The zero-order chi connectivity index (χ0) is 17.9. The molecule has 0 aliphatic carbocycles. The normalized spacial score (nSPS) is 12.3. The summed E-state index contributed by atoms with van der Waals surface area (Å²) in [7, 11) is 1.60. The molecule has 0 spiro atoms. The molecule has 130 valence electrons. The fraction of sp³-hybridized carbons (Fsp3) is 0.444. The lowest BCUT2D eigenvalue weighted by atomic mass is 10.2. The number of rotatable bonds is 6. The Hall–Kier alpha value is -2.34. The molecule has 1 atom stereocenters. The van der Waals surface area contributed by atoms with Crippen LogP contribution in [-0.4, -0.2) is 51.5 Å². The van der Waals surface area contributed by atoms with Gasteiger partial charge < -0.3 is 14.7 Å². The van der Waals surface area contributed by atoms with E-state index in [0.29, 0.717) is 11.4 Å². The Morgan fingerprint density at radius 2 is 2.04 bits per heavy atom. The molecule has 2 aromatic rings. The average molecular weight is 331 g/mol. The second kappa shape index (κ2) is 7.49. The first-order valence-electron chi connectivity index (χ1n) is 8.03. The van der Waals surface area contributed by atoms with E-state index in [-0.39, 0.29) is 18.5 Å². The zero-order valence-electron chi connectivity index (χ0n) is 14.9. The number of amides is 1. The summed E-state index contributed by atoms with van der Waals surface area (Å²) in [6, 6.07) is 7.45. The number of carbonyl (C=O) groups is 1. The molecule has 1 aromatic heterocycles. The molecule has 6 heteroatoms. The number of hydrogen-bond donors (Lipinski definition) is 1. The number of hydrogen-bond acceptors (Lipinski definition) is 4. The van der Waals surface area contributed by atoms with Gasteiger partial charge in [-0.05, 0) is 51.5 Å². The van der Waals surface area contributed by atoms with E-state index in [1.165, 1.54) is 0 Å². The maximum atomic E-state index is 12.7. The summed E-state index contributed by atoms with van der Waals surface area (Å²) in [4.78, 5) is 14.3. The maximum absolute atomic E-state index is 12.7. The number of aryl methyl sites for hydroxylation is 1. The van der Waals surface area contributed by atoms with E-state index in [0.717, 1.165) is 11.3 Å². The molecule has 0 aliphatic rings. The number of methoxy groups -OCH3 is 1. The number of benzene rings is 1. The van der Waals surface area contributed by atoms with E-state index in [4.69, 9.17) is 4.74 Å². The van der Waals surface area contributed by atoms with Gasteiger partial charge in [0, 0.05) is 18.8 Å². The van der Waals surface area contributed by atoms with Crippen LogP contribution in [0.4, 0.5) is 0 Å². The molecule has 0 bridgehead atoms. The molecular weight excluding hydrogens is 306 g/mol. The van der Waals surface area contributed by atoms with Crippen LogP contribution < -0.4 is 4.74 Å². The van der Waals surface area contributed by atoms with Crippen LogP contribution in [0.3, 0.4) is 0 Å². The summed E-state index contributed by atoms with van der Waals surface area (Å²) in [5.41, 5.74) is 2.20. The molecule has 1 unspecified atom stereocenters. The third-order valence-corrected chi connectivity index (χ3v) is 3.73. The summed E-state index contributed by atoms with van der Waals surface area (Å²) in [5, 5.41) is 14.0. The highest BCUT2D eigenvalue weighted by Crippen LogP contribution is 2.23. The summed E-state index contributed by atoms with van der Waals surface area (Å²) in [5.74, 6) is 0.490. The summed E-state index contributed by atoms with van der Waals surface area (Å²) in [6.45, 7) is 7.76. The van der Waals surface area contributed by atoms with Gasteiger partial charge in [0.1, 0.15) is 11.4 Å². The van der Waals surface area contributed by atoms with Crippen molar-refractivity contribution in [2.24, 2.45) is 0 Å². The first-order chi connectivity index (χ1) is 11.3. The van der Waals surface area contributed by atoms with Crippen molar-refractivity contribution in [1.29, 1.82) is 0 Å². The summed E-state index contributed by atoms with van der Waals surface area (Å²) < 4.78 is 7.01. The second-order valence-corrected chi connectivity index (χ2v) is 6.22. The van der Waals surface area contributed by atoms with Crippen LogP contribution in [0.5, 0.6) is 5.75 Å². The molecule has 0 radical (unpaired) electrons. The minimum atomic E-state index is -0.588. The van der Waals surface area contributed by atoms with Gasteiger partial charge in [-0.25, -0.2) is 4.68 Å². The molecule has 0 saturated carbocycles. The van der Waals surface area contributed by atoms with E-state index >= 15 is 0 Å². The van der Waals surface area contributed by atoms with Crippen molar-refractivity contribution >= 4 is 5.91 Å². The first-order valence-corrected chi connectivity index (χ1v) is 8.03. The Kier molecular flexibility index (Phi) is 5.62. The van der Waals surface area contributed by atoms with E-state index in [1.54, 1.807) is 35.9 Å². The molecule has 1 heterocycles. The summed E-state index contributed by atoms with van der Waals surface area (Å²) in [6.07, 6.45) is 1.15. The van der Waals surface area contributed by atoms with Crippen LogP contribution in [0.1, 0.15) is 36.8 Å². The van der Waals surface area contributed by atoms with Crippen molar-refractivity contribution in [3.8, 4) is 11.4 Å². The van der Waals surface area contributed by atoms with E-state index in [1.807, 2.05) is 39.0 Å². The molecule has 1 amide bonds. The van der Waals surface area contributed by atoms with Crippen LogP contribution in [0.25, 0.3) is 5.69 Å². The Morgan fingerprint density at radius 3 is 2.62 bits per heavy atom. The van der Waals surface area contributed by atoms with Crippen molar-refractivity contribution in [3.05, 3.63) is 41.7 Å². The van der Waals surface area contributed by atoms with Crippen LogP contribution in [0.15, 0.2) is 30.5 Å². The lowest BCUT2D eigenvalue weighted by Crippen LogP contribution is -2.41. The molecule has 0 saturated heterocycles. The molecule has 6 nitrogen and oxygen atoms in total. The Morgan fingerprint density at radius 1 is 1.33 bits per heavy atom. The molecule has 0 fully saturated rings. The number of carbonyl (C=O) groups excluding carboxylic acids is 1. The molecule has 24 heavy (non-hydrogen) atoms. The fourth-order valence-electron chi connectivity index (χ4n) is 2.51. The number of aromatic nitrogens is 2. The number of aliphatic hydroxyl groups is 1. The fourth-order valence-corrected chi connectivity index (χ4v) is 2.51. The van der Waals surface area contributed by atoms with E-state index in [9.17, 15) is 9.90 Å². The van der Waals surface area contributed by atoms with Crippen LogP contribution in [0, 0.1) is 6.92 Å². The monoisotopic (exact) mass is 331 g/mol. The van der Waals surface area contributed by atoms with Crippen molar-refractivity contribution in [2.45, 2.75) is 39.8 Å². The molecule has 2 rings (SSSR count). The minimum absolute atomic E-state index is 0.0224. The average Bonchev–Trinajstić information content (AvgIpc) is 3.01. The molecular formula is C18H25N3O3. The van der Waals surface area contributed by atoms with Gasteiger partial charge in [0.15, 0.2) is 5.69 Å². The van der Waals surface area contributed by atoms with Gasteiger partial charge in [0.25, 0.3) is 5.91 Å². The highest BCUT2D eigenvalue weighted by molar-refractivity contribution is 5.92. The SMILES string of the molecule is COc1ccc(C)cc1-n1ccc(C(=O)N(CC(C)O)C(C)C)n1. The zero-order valence-corrected chi connectivity index (χ0v) is 14.9. The predicted octanol–water partition coefficient (Wildman–Crippen LogP) is 2.42. The lowest BCUT2D eigenvalue weighted by molar-refractivity contribution is 0.0572. The van der Waals surface area contributed by atoms with Gasteiger partial charge in [-0.2, -0.15) is 5.10 Å². The van der Waals surface area contributed by atoms with Crippen molar-refractivity contribution in [1.82, 2.24) is 14.7 Å². The quantitative estimate of drug-likeness (QED) is 0.883. The van der Waals surface area contributed by atoms with Gasteiger partial charge >= 0.3 is 0 Å². The summed E-state index contributed by atoms with van der Waals surface area (Å²) >= 11 is 0. The van der Waals surface area contributed by atoms with Gasteiger partial charge in [-0.3, -0.25) is 4.79 Å². The molecule has 1 aromatic carbocycles. The van der Waals surface area contributed by atoms with E-state index in [2.05, 4.69) is 5.10 Å². The highest BCUT2D eigenvalue weighted by Gasteiger charge is 2.22. The lowest BCUT2D eigenvalue weighted by Gasteiger charge is -2.27. The molecule has 1 N–H and O–H groups in total. The third-order valence-electron chi connectivity index (χ3n) is 3.73. The number of nitrogens with zero attached hydrogens (tertiary/aromatic N) is 3. The standard InChI is InChI=1S/C18H25N3O3/c1-12(2)20(11-14(4)22)18(23)15-8-9-21(19-15)16-10-13(3)6-7-17(16)24-5/h6-10,12,14,22H,11H2,1-5H3. The third kappa shape index (κ3) is 3.94. The topological polar surface area (TPSA) is 67.6 Å². The van der Waals surface area contributed by atoms with Crippen LogP contribution >= 0.6 is 0 Å². The van der Waals surface area contributed by atoms with Crippen LogP contribution in [-0.2, 0) is 0 Å². The van der Waals surface area contributed by atoms with Crippen molar-refractivity contribution < 1.29 is 14.6 Å². The molecule has 0 aliphatic heterocycles. The van der Waals surface area contributed by atoms with Crippen molar-refractivity contribution in [3.63, 3.8) is 0 Å². The van der Waals surface area contributed by atoms with Gasteiger partial charge in [0.05, 0.1) is 13.2 Å².